The van der Waals surface area contributed by atoms with Crippen LogP contribution in [0.25, 0.3) is 0 Å². The first kappa shape index (κ1) is 15.0. The maximum absolute atomic E-state index is 12.3. The summed E-state index contributed by atoms with van der Waals surface area (Å²) in [4.78, 5) is 10.9. The molecular formula is C11H14BrNO4S2. The Morgan fingerprint density at radius 2 is 2.05 bits per heavy atom. The smallest absolute Gasteiger partial charge is 0.345 e. The standard InChI is InChI=1S/C11H14BrNO4S2/c1-11(4-2-3-5-11)13-19(16,17)8-6-7(10(14)15)18-9(8)12/h6,13H,2-5H2,1H3,(H,14,15). The van der Waals surface area contributed by atoms with Crippen molar-refractivity contribution in [2.75, 3.05) is 0 Å². The van der Waals surface area contributed by atoms with Crippen LogP contribution in [-0.2, 0) is 10.0 Å². The van der Waals surface area contributed by atoms with E-state index in [1.165, 1.54) is 6.07 Å². The van der Waals surface area contributed by atoms with Crippen molar-refractivity contribution in [3.63, 3.8) is 0 Å². The zero-order valence-electron chi connectivity index (χ0n) is 10.3. The SMILES string of the molecule is CC1(NS(=O)(=O)c2cc(C(=O)O)sc2Br)CCCC1. The van der Waals surface area contributed by atoms with Gasteiger partial charge in [0, 0.05) is 5.54 Å². The third kappa shape index (κ3) is 3.18. The largest absolute Gasteiger partial charge is 0.477 e. The molecule has 0 amide bonds. The van der Waals surface area contributed by atoms with Gasteiger partial charge in [-0.25, -0.2) is 17.9 Å². The zero-order valence-corrected chi connectivity index (χ0v) is 13.5. The van der Waals surface area contributed by atoms with Gasteiger partial charge >= 0.3 is 5.97 Å². The van der Waals surface area contributed by atoms with Crippen LogP contribution in [0.3, 0.4) is 0 Å². The lowest BCUT2D eigenvalue weighted by Gasteiger charge is -2.24. The van der Waals surface area contributed by atoms with E-state index >= 15 is 0 Å². The Morgan fingerprint density at radius 3 is 2.53 bits per heavy atom. The van der Waals surface area contributed by atoms with Crippen LogP contribution >= 0.6 is 27.3 Å². The zero-order chi connectivity index (χ0) is 14.3. The Morgan fingerprint density at radius 1 is 1.47 bits per heavy atom. The van der Waals surface area contributed by atoms with Crippen LogP contribution in [0.4, 0.5) is 0 Å². The minimum atomic E-state index is -3.70. The molecule has 0 aliphatic heterocycles. The van der Waals surface area contributed by atoms with Crippen molar-refractivity contribution in [2.24, 2.45) is 0 Å². The van der Waals surface area contributed by atoms with E-state index in [-0.39, 0.29) is 9.77 Å². The number of carboxylic acid groups (broad SMARTS) is 1. The van der Waals surface area contributed by atoms with Crippen LogP contribution in [-0.4, -0.2) is 25.0 Å². The number of hydrogen-bond acceptors (Lipinski definition) is 4. The first-order valence-corrected chi connectivity index (χ1v) is 8.89. The molecule has 1 aromatic heterocycles. The highest BCUT2D eigenvalue weighted by Gasteiger charge is 2.35. The quantitative estimate of drug-likeness (QED) is 0.856. The van der Waals surface area contributed by atoms with Crippen LogP contribution in [0.2, 0.25) is 0 Å². The highest BCUT2D eigenvalue weighted by molar-refractivity contribution is 9.11. The van der Waals surface area contributed by atoms with E-state index in [4.69, 9.17) is 5.11 Å². The second-order valence-electron chi connectivity index (χ2n) is 4.93. The molecule has 0 unspecified atom stereocenters. The monoisotopic (exact) mass is 367 g/mol. The van der Waals surface area contributed by atoms with Crippen molar-refractivity contribution in [1.29, 1.82) is 0 Å². The van der Waals surface area contributed by atoms with Crippen molar-refractivity contribution in [2.45, 2.75) is 43.0 Å². The molecule has 0 atom stereocenters. The minimum absolute atomic E-state index is 0.00280. The molecule has 1 fully saturated rings. The topological polar surface area (TPSA) is 83.5 Å². The number of carbonyl (C=O) groups is 1. The average molecular weight is 368 g/mol. The first-order chi connectivity index (χ1) is 8.73. The predicted octanol–water partition coefficient (Wildman–Crippen LogP) is 2.82. The number of rotatable bonds is 4. The molecule has 2 N–H and O–H groups in total. The molecule has 1 saturated carbocycles. The fraction of sp³-hybridized carbons (Fsp3) is 0.545. The summed E-state index contributed by atoms with van der Waals surface area (Å²) in [5.74, 6) is -1.13. The van der Waals surface area contributed by atoms with Gasteiger partial charge in [-0.05, 0) is 41.8 Å². The van der Waals surface area contributed by atoms with Crippen LogP contribution in [0.1, 0.15) is 42.3 Å². The van der Waals surface area contributed by atoms with Crippen molar-refractivity contribution < 1.29 is 18.3 Å². The normalized spacial score (nSPS) is 18.6. The van der Waals surface area contributed by atoms with Crippen molar-refractivity contribution in [3.05, 3.63) is 14.7 Å². The molecule has 1 aromatic rings. The van der Waals surface area contributed by atoms with E-state index in [1.807, 2.05) is 6.92 Å². The molecule has 106 valence electrons. The van der Waals surface area contributed by atoms with Gasteiger partial charge in [-0.15, -0.1) is 11.3 Å². The third-order valence-corrected chi connectivity index (χ3v) is 7.12. The van der Waals surface area contributed by atoms with E-state index < -0.39 is 21.5 Å². The summed E-state index contributed by atoms with van der Waals surface area (Å²) in [5.41, 5.74) is -0.427. The molecule has 0 saturated heterocycles. The van der Waals surface area contributed by atoms with Gasteiger partial charge in [0.1, 0.15) is 9.77 Å². The highest BCUT2D eigenvalue weighted by atomic mass is 79.9. The number of carboxylic acids is 1. The van der Waals surface area contributed by atoms with Gasteiger partial charge in [0.2, 0.25) is 10.0 Å². The number of hydrogen-bond donors (Lipinski definition) is 2. The first-order valence-electron chi connectivity index (χ1n) is 5.80. The minimum Gasteiger partial charge on any atom is -0.477 e. The molecule has 19 heavy (non-hydrogen) atoms. The van der Waals surface area contributed by atoms with E-state index in [9.17, 15) is 13.2 Å². The number of halogens is 1. The van der Waals surface area contributed by atoms with E-state index in [0.717, 1.165) is 37.0 Å². The van der Waals surface area contributed by atoms with Crippen molar-refractivity contribution in [1.82, 2.24) is 4.72 Å². The molecule has 8 heteroatoms. The van der Waals surface area contributed by atoms with Gasteiger partial charge in [0.15, 0.2) is 0 Å². The van der Waals surface area contributed by atoms with Crippen molar-refractivity contribution >= 4 is 43.3 Å². The predicted molar refractivity (Wildman–Crippen MR) is 76.2 cm³/mol. The fourth-order valence-electron chi connectivity index (χ4n) is 2.28. The van der Waals surface area contributed by atoms with Gasteiger partial charge in [0.05, 0.1) is 3.79 Å². The third-order valence-electron chi connectivity index (χ3n) is 3.24. The molecule has 0 radical (unpaired) electrons. The molecule has 1 aliphatic rings. The summed E-state index contributed by atoms with van der Waals surface area (Å²) in [5, 5.41) is 8.90. The van der Waals surface area contributed by atoms with Crippen LogP contribution in [0, 0.1) is 0 Å². The number of nitrogens with one attached hydrogen (secondary N) is 1. The summed E-state index contributed by atoms with van der Waals surface area (Å²) < 4.78 is 27.7. The number of thiophene rings is 1. The summed E-state index contributed by atoms with van der Waals surface area (Å²) in [6, 6.07) is 1.19. The molecule has 0 spiro atoms. The molecule has 5 nitrogen and oxygen atoms in total. The number of aromatic carboxylic acids is 1. The molecule has 1 heterocycles. The lowest BCUT2D eigenvalue weighted by Crippen LogP contribution is -2.43. The summed E-state index contributed by atoms with van der Waals surface area (Å²) in [7, 11) is -3.70. The Kier molecular flexibility index (Phi) is 4.06. The fourth-order valence-corrected chi connectivity index (χ4v) is 6.15. The van der Waals surface area contributed by atoms with E-state index in [2.05, 4.69) is 20.7 Å². The second kappa shape index (κ2) is 5.16. The van der Waals surface area contributed by atoms with Gasteiger partial charge in [-0.3, -0.25) is 0 Å². The summed E-state index contributed by atoms with van der Waals surface area (Å²) in [6.07, 6.45) is 3.62. The lowest BCUT2D eigenvalue weighted by molar-refractivity contribution is 0.0702. The van der Waals surface area contributed by atoms with Crippen LogP contribution < -0.4 is 4.72 Å². The maximum atomic E-state index is 12.3. The maximum Gasteiger partial charge on any atom is 0.345 e. The van der Waals surface area contributed by atoms with Gasteiger partial charge < -0.3 is 5.11 Å². The Hall–Kier alpha value is -0.440. The number of sulfonamides is 1. The average Bonchev–Trinajstić information content (AvgIpc) is 2.84. The Labute approximate surface area is 124 Å². The molecule has 0 aromatic carbocycles. The Balaban J connectivity index is 2.31. The molecule has 2 rings (SSSR count). The molecule has 1 aliphatic carbocycles. The van der Waals surface area contributed by atoms with Crippen LogP contribution in [0.5, 0.6) is 0 Å². The molecule has 0 bridgehead atoms. The second-order valence-corrected chi connectivity index (χ2v) is 8.95. The van der Waals surface area contributed by atoms with E-state index in [1.54, 1.807) is 0 Å². The van der Waals surface area contributed by atoms with E-state index in [0.29, 0.717) is 3.79 Å². The van der Waals surface area contributed by atoms with Crippen LogP contribution in [0.15, 0.2) is 14.7 Å². The molecular weight excluding hydrogens is 354 g/mol. The van der Waals surface area contributed by atoms with Gasteiger partial charge in [-0.2, -0.15) is 0 Å². The lowest BCUT2D eigenvalue weighted by atomic mass is 10.0. The summed E-state index contributed by atoms with van der Waals surface area (Å²) in [6.45, 7) is 1.88. The summed E-state index contributed by atoms with van der Waals surface area (Å²) >= 11 is 4.03. The van der Waals surface area contributed by atoms with Gasteiger partial charge in [0.25, 0.3) is 0 Å². The Bertz CT molecular complexity index is 602. The highest BCUT2D eigenvalue weighted by Crippen LogP contribution is 2.35. The van der Waals surface area contributed by atoms with Gasteiger partial charge in [-0.1, -0.05) is 12.8 Å². The van der Waals surface area contributed by atoms with Crippen molar-refractivity contribution in [3.8, 4) is 0 Å².